The molecule has 1 heterocycles. The topological polar surface area (TPSA) is 367 Å². The summed E-state index contributed by atoms with van der Waals surface area (Å²) in [5.41, 5.74) is 18.3. The molecule has 0 aliphatic carbocycles. The molecular weight excluding hydrogens is 1070 g/mol. The summed E-state index contributed by atoms with van der Waals surface area (Å²) in [5, 5.41) is 22.2. The van der Waals surface area contributed by atoms with Gasteiger partial charge in [0.25, 0.3) is 0 Å². The first-order valence-corrected chi connectivity index (χ1v) is 26.5. The smallest absolute Gasteiger partial charge is 0.368 e. The molecule has 27 heteroatoms. The maximum absolute atomic E-state index is 14.1. The molecule has 0 saturated heterocycles. The number of hydrogen-bond donors (Lipinski definition) is 12. The monoisotopic (exact) mass is 1140 g/mol. The summed E-state index contributed by atoms with van der Waals surface area (Å²) in [6.45, 7) is 5.35. The lowest BCUT2D eigenvalue weighted by Crippen LogP contribution is -2.64. The number of benzene rings is 3. The standard InChI is InChI=1S/C53H71F4N13O9S/c1-50(2,47(59)77)68-44(74)37(65-41(72)27-32-17-21-34(54)22-18-32)12-8-24-62-30-52(4,49(61)79)70-46(76)38(66-42(73)28-43-67-35-10-5-6-14-39(35)80-43)13-9-25-63-29-51(3,48(60)78)69-45(75)36(11-7-23-58)64-40(71)26-31-15-19-33(20-16-31)53(55,56)57/h5-6,10,14-22,36-38,62-63H,7-9,11-13,23-30,58H2,1-4H3,(H2,59,77)(H2,60,78)(H2,61,79)(H,64,71)(H,65,72)(H,66,73)(H,68,74)(H,69,75)(H,70,76)/t36-,37-,38-,51?,52?/m0/s1. The summed E-state index contributed by atoms with van der Waals surface area (Å²) >= 11 is 1.29. The Balaban J connectivity index is 1.41. The number of nitrogens with zero attached hydrogens (tertiary/aromatic N) is 1. The van der Waals surface area contributed by atoms with E-state index in [0.717, 1.165) is 29.0 Å². The number of thiazole rings is 1. The summed E-state index contributed by atoms with van der Waals surface area (Å²) in [4.78, 5) is 123. The number of halogens is 4. The Morgan fingerprint density at radius 3 is 1.41 bits per heavy atom. The Kier molecular flexibility index (Phi) is 24.0. The molecule has 0 aliphatic rings. The van der Waals surface area contributed by atoms with Crippen LogP contribution in [0.1, 0.15) is 87.9 Å². The van der Waals surface area contributed by atoms with E-state index < -0.39 is 105 Å². The van der Waals surface area contributed by atoms with Crippen molar-refractivity contribution in [3.8, 4) is 0 Å². The van der Waals surface area contributed by atoms with Gasteiger partial charge < -0.3 is 65.5 Å². The van der Waals surface area contributed by atoms with Crippen LogP contribution in [0.25, 0.3) is 10.2 Å². The number of rotatable bonds is 33. The molecule has 16 N–H and O–H groups in total. The summed E-state index contributed by atoms with van der Waals surface area (Å²) < 4.78 is 53.5. The highest BCUT2D eigenvalue weighted by molar-refractivity contribution is 7.18. The minimum Gasteiger partial charge on any atom is -0.368 e. The zero-order valence-electron chi connectivity index (χ0n) is 44.9. The molecule has 1 aromatic heterocycles. The van der Waals surface area contributed by atoms with Crippen molar-refractivity contribution < 1.29 is 60.7 Å². The van der Waals surface area contributed by atoms with E-state index >= 15 is 0 Å². The van der Waals surface area contributed by atoms with Gasteiger partial charge in [0.05, 0.1) is 35.0 Å². The molecule has 0 spiro atoms. The predicted octanol–water partition coefficient (Wildman–Crippen LogP) is 0.515. The van der Waals surface area contributed by atoms with Crippen LogP contribution in [0.5, 0.6) is 0 Å². The van der Waals surface area contributed by atoms with Gasteiger partial charge in [-0.25, -0.2) is 9.37 Å². The number of aromatic nitrogens is 1. The SMILES string of the molecule is CC(C)(NC(=O)[C@H](CCCNCC(C)(NC(=O)[C@H](CCCNCC(C)(NC(=O)[C@H](CCCN)NC(=O)Cc1ccc(C(F)(F)F)cc1)C(N)=O)NC(=O)Cc1nc2ccccc2s1)C(N)=O)NC(=O)Cc1ccc(F)cc1)C(N)=O. The van der Waals surface area contributed by atoms with Gasteiger partial charge in [0.15, 0.2) is 0 Å². The lowest BCUT2D eigenvalue weighted by Gasteiger charge is -2.31. The van der Waals surface area contributed by atoms with Crippen molar-refractivity contribution in [3.63, 3.8) is 0 Å². The molecular formula is C53H71F4N13O9S. The van der Waals surface area contributed by atoms with Crippen molar-refractivity contribution in [1.82, 2.24) is 47.5 Å². The van der Waals surface area contributed by atoms with E-state index in [0.29, 0.717) is 16.1 Å². The van der Waals surface area contributed by atoms with E-state index in [1.165, 1.54) is 63.3 Å². The van der Waals surface area contributed by atoms with Gasteiger partial charge >= 0.3 is 6.18 Å². The number of alkyl halides is 3. The van der Waals surface area contributed by atoms with Crippen molar-refractivity contribution in [2.24, 2.45) is 22.9 Å². The highest BCUT2D eigenvalue weighted by Gasteiger charge is 2.38. The minimum atomic E-state index is -4.57. The fourth-order valence-electron chi connectivity index (χ4n) is 7.88. The Labute approximate surface area is 463 Å². The van der Waals surface area contributed by atoms with Crippen molar-refractivity contribution in [2.45, 2.75) is 126 Å². The largest absolute Gasteiger partial charge is 0.416 e. The fraction of sp³-hybridized carbons (Fsp3) is 0.472. The molecule has 0 fully saturated rings. The summed E-state index contributed by atoms with van der Waals surface area (Å²) in [6, 6.07) is 12.8. The molecule has 0 radical (unpaired) electrons. The van der Waals surface area contributed by atoms with Crippen LogP contribution in [0.2, 0.25) is 0 Å². The first-order chi connectivity index (χ1) is 37.5. The molecule has 22 nitrogen and oxygen atoms in total. The lowest BCUT2D eigenvalue weighted by molar-refractivity contribution is -0.137. The maximum Gasteiger partial charge on any atom is 0.416 e. The predicted molar refractivity (Wildman–Crippen MR) is 290 cm³/mol. The maximum atomic E-state index is 14.1. The second-order valence-electron chi connectivity index (χ2n) is 20.2. The van der Waals surface area contributed by atoms with Gasteiger partial charge in [-0.1, -0.05) is 36.4 Å². The second-order valence-corrected chi connectivity index (χ2v) is 21.3. The molecule has 80 heavy (non-hydrogen) atoms. The molecule has 9 amide bonds. The molecule has 436 valence electrons. The summed E-state index contributed by atoms with van der Waals surface area (Å²) in [6.07, 6.45) is -4.65. The quantitative estimate of drug-likeness (QED) is 0.0229. The number of carbonyl (C=O) groups excluding carboxylic acids is 9. The van der Waals surface area contributed by atoms with E-state index in [1.807, 2.05) is 12.1 Å². The number of nitrogens with one attached hydrogen (secondary N) is 8. The van der Waals surface area contributed by atoms with Crippen LogP contribution in [-0.2, 0) is 68.6 Å². The van der Waals surface area contributed by atoms with Gasteiger partial charge in [-0.3, -0.25) is 43.2 Å². The van der Waals surface area contributed by atoms with E-state index in [4.69, 9.17) is 22.9 Å². The second kappa shape index (κ2) is 29.6. The lowest BCUT2D eigenvalue weighted by atomic mass is 9.98. The van der Waals surface area contributed by atoms with Gasteiger partial charge in [-0.15, -0.1) is 11.3 Å². The van der Waals surface area contributed by atoms with Crippen LogP contribution in [0.4, 0.5) is 17.6 Å². The van der Waals surface area contributed by atoms with E-state index in [1.54, 1.807) is 12.1 Å². The third kappa shape index (κ3) is 20.6. The van der Waals surface area contributed by atoms with Crippen LogP contribution < -0.4 is 65.5 Å². The normalized spacial score (nSPS) is 14.3. The molecule has 0 bridgehead atoms. The third-order valence-electron chi connectivity index (χ3n) is 12.8. The van der Waals surface area contributed by atoms with Crippen molar-refractivity contribution >= 4 is 74.7 Å². The molecule has 0 saturated carbocycles. The average molecular weight is 1140 g/mol. The highest BCUT2D eigenvalue weighted by atomic mass is 32.1. The molecule has 3 aromatic carbocycles. The van der Waals surface area contributed by atoms with Crippen LogP contribution in [0.3, 0.4) is 0 Å². The van der Waals surface area contributed by atoms with Crippen LogP contribution >= 0.6 is 11.3 Å². The van der Waals surface area contributed by atoms with Gasteiger partial charge in [-0.05, 0) is 133 Å². The number of nitrogens with two attached hydrogens (primary N) is 4. The third-order valence-corrected chi connectivity index (χ3v) is 13.8. The zero-order valence-corrected chi connectivity index (χ0v) is 45.7. The molecule has 0 aliphatic heterocycles. The van der Waals surface area contributed by atoms with E-state index in [9.17, 15) is 60.7 Å². The van der Waals surface area contributed by atoms with Crippen molar-refractivity contribution in [1.29, 1.82) is 0 Å². The molecule has 4 rings (SSSR count). The van der Waals surface area contributed by atoms with Gasteiger partial charge in [0, 0.05) is 13.1 Å². The Morgan fingerprint density at radius 2 is 0.988 bits per heavy atom. The fourth-order valence-corrected chi connectivity index (χ4v) is 8.85. The van der Waals surface area contributed by atoms with Crippen LogP contribution in [0.15, 0.2) is 72.8 Å². The molecule has 5 atom stereocenters. The van der Waals surface area contributed by atoms with Crippen molar-refractivity contribution in [2.75, 3.05) is 32.7 Å². The van der Waals surface area contributed by atoms with E-state index in [-0.39, 0.29) is 96.1 Å². The summed E-state index contributed by atoms with van der Waals surface area (Å²) in [7, 11) is 0. The summed E-state index contributed by atoms with van der Waals surface area (Å²) in [5.74, 6) is -7.33. The van der Waals surface area contributed by atoms with Gasteiger partial charge in [0.1, 0.15) is 45.6 Å². The number of carbonyl (C=O) groups is 9. The Hall–Kier alpha value is -7.62. The number of fused-ring (bicyclic) bond motifs is 1. The Bertz CT molecular complexity index is 2790. The minimum absolute atomic E-state index is 0.0227. The Morgan fingerprint density at radius 1 is 0.562 bits per heavy atom. The first kappa shape index (κ1) is 64.9. The number of primary amides is 3. The zero-order chi connectivity index (χ0) is 59.4. The number of para-hydroxylation sites is 1. The average Bonchev–Trinajstić information content (AvgIpc) is 3.79. The van der Waals surface area contributed by atoms with Gasteiger partial charge in [0.2, 0.25) is 53.2 Å². The molecule has 4 aromatic rings. The van der Waals surface area contributed by atoms with Crippen LogP contribution in [0, 0.1) is 5.82 Å². The number of amides is 9. The number of hydrogen-bond acceptors (Lipinski definition) is 14. The van der Waals surface area contributed by atoms with Gasteiger partial charge in [-0.2, -0.15) is 13.2 Å². The highest BCUT2D eigenvalue weighted by Crippen LogP contribution is 2.29. The van der Waals surface area contributed by atoms with Crippen molar-refractivity contribution in [3.05, 3.63) is 100 Å². The van der Waals surface area contributed by atoms with Crippen LogP contribution in [-0.4, -0.2) is 126 Å². The first-order valence-electron chi connectivity index (χ1n) is 25.6. The molecule has 2 unspecified atom stereocenters. The van der Waals surface area contributed by atoms with E-state index in [2.05, 4.69) is 47.5 Å².